The average Bonchev–Trinajstić information content (AvgIpc) is 2.65. The molecule has 2 aromatic carbocycles. The number of hydrogen-bond donors (Lipinski definition) is 1. The SMILES string of the molecule is CCCCc1cccc([Si]CSc2ccc(O)c(C(C)(C)C)c2)c1CCCC. The van der Waals surface area contributed by atoms with E-state index in [2.05, 4.69) is 65.0 Å². The maximum atomic E-state index is 10.2. The first-order valence-electron chi connectivity index (χ1n) is 10.7. The van der Waals surface area contributed by atoms with Crippen LogP contribution in [-0.4, -0.2) is 20.0 Å². The highest BCUT2D eigenvalue weighted by molar-refractivity contribution is 8.00. The van der Waals surface area contributed by atoms with E-state index in [-0.39, 0.29) is 5.41 Å². The largest absolute Gasteiger partial charge is 0.508 e. The van der Waals surface area contributed by atoms with Gasteiger partial charge in [0.2, 0.25) is 0 Å². The minimum atomic E-state index is -0.0378. The molecule has 152 valence electrons. The van der Waals surface area contributed by atoms with E-state index in [4.69, 9.17) is 0 Å². The standard InChI is InChI=1S/C25H36OSSi/c1-6-8-11-19-12-10-14-24(21(19)13-9-7-2)28-18-27-20-15-16-23(26)22(17-20)25(3,4)5/h10,12,14-17,26H,6-9,11,13,18H2,1-5H3. The molecule has 0 spiro atoms. The first kappa shape index (κ1) is 23.1. The van der Waals surface area contributed by atoms with Gasteiger partial charge in [-0.05, 0) is 65.8 Å². The third-order valence-electron chi connectivity index (χ3n) is 5.13. The van der Waals surface area contributed by atoms with Crippen molar-refractivity contribution in [3.05, 3.63) is 53.1 Å². The van der Waals surface area contributed by atoms with Crippen LogP contribution in [0.25, 0.3) is 0 Å². The molecule has 0 saturated carbocycles. The summed E-state index contributed by atoms with van der Waals surface area (Å²) in [6.45, 7) is 11.0. The zero-order valence-electron chi connectivity index (χ0n) is 18.3. The lowest BCUT2D eigenvalue weighted by Crippen LogP contribution is -2.23. The summed E-state index contributed by atoms with van der Waals surface area (Å²) in [6.07, 6.45) is 7.50. The lowest BCUT2D eigenvalue weighted by Gasteiger charge is -2.21. The lowest BCUT2D eigenvalue weighted by atomic mass is 9.86. The van der Waals surface area contributed by atoms with E-state index in [1.54, 1.807) is 16.3 Å². The third kappa shape index (κ3) is 6.70. The number of rotatable bonds is 10. The van der Waals surface area contributed by atoms with Crippen molar-refractivity contribution in [2.45, 2.75) is 83.5 Å². The van der Waals surface area contributed by atoms with Gasteiger partial charge in [-0.15, -0.1) is 11.8 Å². The number of aryl methyl sites for hydroxylation is 1. The van der Waals surface area contributed by atoms with Gasteiger partial charge in [0.1, 0.15) is 5.75 Å². The molecule has 0 aliphatic rings. The Hall–Kier alpha value is -1.19. The predicted octanol–water partition coefficient (Wildman–Crippen LogP) is 6.45. The number of hydrogen-bond acceptors (Lipinski definition) is 2. The van der Waals surface area contributed by atoms with E-state index in [0.717, 1.165) is 20.5 Å². The van der Waals surface area contributed by atoms with Crippen LogP contribution in [0.3, 0.4) is 0 Å². The fourth-order valence-corrected chi connectivity index (χ4v) is 6.11. The second kappa shape index (κ2) is 11.1. The molecule has 1 N–H and O–H groups in total. The highest BCUT2D eigenvalue weighted by Gasteiger charge is 2.18. The van der Waals surface area contributed by atoms with E-state index in [0.29, 0.717) is 5.75 Å². The van der Waals surface area contributed by atoms with Gasteiger partial charge in [0.15, 0.2) is 0 Å². The molecular weight excluding hydrogens is 376 g/mol. The third-order valence-corrected chi connectivity index (χ3v) is 7.72. The van der Waals surface area contributed by atoms with Crippen LogP contribution in [0.5, 0.6) is 5.75 Å². The Balaban J connectivity index is 2.10. The van der Waals surface area contributed by atoms with Crippen molar-refractivity contribution in [2.75, 3.05) is 5.38 Å². The summed E-state index contributed by atoms with van der Waals surface area (Å²) >= 11 is 1.91. The molecule has 0 saturated heterocycles. The van der Waals surface area contributed by atoms with E-state index in [9.17, 15) is 5.11 Å². The Bertz CT molecular complexity index is 749. The Morgan fingerprint density at radius 1 is 0.964 bits per heavy atom. The van der Waals surface area contributed by atoms with Gasteiger partial charge in [0.25, 0.3) is 0 Å². The number of phenols is 1. The van der Waals surface area contributed by atoms with Crippen LogP contribution < -0.4 is 5.19 Å². The first-order valence-corrected chi connectivity index (χ1v) is 12.9. The highest BCUT2D eigenvalue weighted by Crippen LogP contribution is 2.33. The highest BCUT2D eigenvalue weighted by atomic mass is 32.2. The van der Waals surface area contributed by atoms with Crippen molar-refractivity contribution >= 4 is 26.5 Å². The van der Waals surface area contributed by atoms with Gasteiger partial charge in [-0.1, -0.05) is 70.8 Å². The minimum Gasteiger partial charge on any atom is -0.508 e. The average molecular weight is 413 g/mol. The van der Waals surface area contributed by atoms with E-state index >= 15 is 0 Å². The van der Waals surface area contributed by atoms with Crippen molar-refractivity contribution in [2.24, 2.45) is 0 Å². The van der Waals surface area contributed by atoms with Crippen LogP contribution in [0.4, 0.5) is 0 Å². The number of phenolic OH excluding ortho intramolecular Hbond substituents is 1. The number of unbranched alkanes of at least 4 members (excludes halogenated alkanes) is 2. The maximum Gasteiger partial charge on any atom is 0.119 e. The van der Waals surface area contributed by atoms with E-state index in [1.807, 2.05) is 17.8 Å². The van der Waals surface area contributed by atoms with Crippen molar-refractivity contribution in [3.63, 3.8) is 0 Å². The Kier molecular flexibility index (Phi) is 9.16. The van der Waals surface area contributed by atoms with E-state index in [1.165, 1.54) is 43.4 Å². The van der Waals surface area contributed by atoms with Crippen LogP contribution in [0.15, 0.2) is 41.3 Å². The number of aromatic hydroxyl groups is 1. The molecular formula is C25H36OSSi. The Labute approximate surface area is 179 Å². The number of thioether (sulfide) groups is 1. The van der Waals surface area contributed by atoms with Crippen molar-refractivity contribution in [3.8, 4) is 5.75 Å². The second-order valence-corrected chi connectivity index (χ2v) is 11.4. The van der Waals surface area contributed by atoms with Crippen LogP contribution >= 0.6 is 11.8 Å². The van der Waals surface area contributed by atoms with Crippen LogP contribution in [0.1, 0.15) is 77.0 Å². The van der Waals surface area contributed by atoms with Crippen molar-refractivity contribution < 1.29 is 5.11 Å². The zero-order chi connectivity index (χ0) is 20.6. The quantitative estimate of drug-likeness (QED) is 0.357. The molecule has 3 heteroatoms. The molecule has 0 bridgehead atoms. The summed E-state index contributed by atoms with van der Waals surface area (Å²) in [5.41, 5.74) is 4.19. The van der Waals surface area contributed by atoms with Gasteiger partial charge < -0.3 is 5.11 Å². The Morgan fingerprint density at radius 3 is 2.36 bits per heavy atom. The smallest absolute Gasteiger partial charge is 0.119 e. The normalized spacial score (nSPS) is 11.8. The second-order valence-electron chi connectivity index (χ2n) is 8.54. The zero-order valence-corrected chi connectivity index (χ0v) is 20.1. The summed E-state index contributed by atoms with van der Waals surface area (Å²) < 4.78 is 0. The van der Waals surface area contributed by atoms with Gasteiger partial charge in [-0.25, -0.2) is 0 Å². The molecule has 0 unspecified atom stereocenters. The van der Waals surface area contributed by atoms with Crippen LogP contribution in [0, 0.1) is 0 Å². The van der Waals surface area contributed by atoms with E-state index < -0.39 is 0 Å². The number of benzene rings is 2. The summed E-state index contributed by atoms with van der Waals surface area (Å²) in [5.74, 6) is 0.407. The fourth-order valence-electron chi connectivity index (χ4n) is 3.45. The fraction of sp³-hybridized carbons (Fsp3) is 0.520. The van der Waals surface area contributed by atoms with Gasteiger partial charge in [0.05, 0.1) is 9.52 Å². The molecule has 2 radical (unpaired) electrons. The topological polar surface area (TPSA) is 20.2 Å². The van der Waals surface area contributed by atoms with Gasteiger partial charge in [-0.3, -0.25) is 0 Å². The summed E-state index contributed by atoms with van der Waals surface area (Å²) in [4.78, 5) is 1.26. The summed E-state index contributed by atoms with van der Waals surface area (Å²) in [6, 6.07) is 13.0. The molecule has 0 aliphatic carbocycles. The first-order chi connectivity index (χ1) is 13.4. The van der Waals surface area contributed by atoms with Gasteiger partial charge in [0, 0.05) is 10.5 Å². The molecule has 0 amide bonds. The molecule has 2 aromatic rings. The van der Waals surface area contributed by atoms with Crippen molar-refractivity contribution in [1.82, 2.24) is 0 Å². The molecule has 1 nitrogen and oxygen atoms in total. The summed E-state index contributed by atoms with van der Waals surface area (Å²) in [5, 5.41) is 12.8. The molecule has 0 aromatic heterocycles. The maximum absolute atomic E-state index is 10.2. The molecule has 28 heavy (non-hydrogen) atoms. The minimum absolute atomic E-state index is 0.0378. The molecule has 2 rings (SSSR count). The van der Waals surface area contributed by atoms with Crippen LogP contribution in [0.2, 0.25) is 0 Å². The van der Waals surface area contributed by atoms with Gasteiger partial charge in [-0.2, -0.15) is 0 Å². The van der Waals surface area contributed by atoms with Gasteiger partial charge >= 0.3 is 0 Å². The lowest BCUT2D eigenvalue weighted by molar-refractivity contribution is 0.446. The van der Waals surface area contributed by atoms with Crippen LogP contribution in [-0.2, 0) is 18.3 Å². The predicted molar refractivity (Wildman–Crippen MR) is 127 cm³/mol. The molecule has 0 atom stereocenters. The molecule has 0 fully saturated rings. The Morgan fingerprint density at radius 2 is 1.68 bits per heavy atom. The summed E-state index contributed by atoms with van der Waals surface area (Å²) in [7, 11) is 0.823. The molecule has 0 heterocycles. The van der Waals surface area contributed by atoms with Crippen molar-refractivity contribution in [1.29, 1.82) is 0 Å². The molecule has 0 aliphatic heterocycles. The monoisotopic (exact) mass is 412 g/mol.